The molecule has 0 amide bonds. The van der Waals surface area contributed by atoms with Crippen LogP contribution in [0.2, 0.25) is 0 Å². The largest absolute Gasteiger partial charge is 0.489 e. The fourth-order valence-electron chi connectivity index (χ4n) is 2.10. The van der Waals surface area contributed by atoms with Crippen molar-refractivity contribution < 1.29 is 31.4 Å². The highest BCUT2D eigenvalue weighted by Gasteiger charge is 2.30. The molecule has 3 nitrogen and oxygen atoms in total. The highest BCUT2D eigenvalue weighted by molar-refractivity contribution is 5.29. The maximum absolute atomic E-state index is 12.4. The predicted octanol–water partition coefficient (Wildman–Crippen LogP) is 3.05. The summed E-state index contributed by atoms with van der Waals surface area (Å²) >= 11 is 0. The molecule has 0 spiro atoms. The van der Waals surface area contributed by atoms with Gasteiger partial charge in [0.2, 0.25) is 0 Å². The van der Waals surface area contributed by atoms with Crippen LogP contribution in [-0.4, -0.2) is 31.9 Å². The van der Waals surface area contributed by atoms with Gasteiger partial charge in [0, 0.05) is 19.0 Å². The number of halogens is 5. The van der Waals surface area contributed by atoms with Gasteiger partial charge in [-0.3, -0.25) is 0 Å². The highest BCUT2D eigenvalue weighted by atomic mass is 19.4. The molecule has 1 heterocycles. The van der Waals surface area contributed by atoms with Crippen LogP contribution >= 0.6 is 0 Å². The molecule has 1 aromatic rings. The molecule has 0 saturated carbocycles. The standard InChI is InChI=1S/C13H14F5NO2/c14-12(15)20-7-9-5-11(6-19-9)21-10-3-1-8(2-4-10)13(16,17)18/h1-4,9,11-12,19H,5-7H2. The zero-order chi connectivity index (χ0) is 15.5. The van der Waals surface area contributed by atoms with Crippen LogP contribution in [0.25, 0.3) is 0 Å². The fraction of sp³-hybridized carbons (Fsp3) is 0.538. The first-order valence-corrected chi connectivity index (χ1v) is 6.31. The van der Waals surface area contributed by atoms with E-state index in [0.29, 0.717) is 18.7 Å². The second kappa shape index (κ2) is 6.57. The van der Waals surface area contributed by atoms with Crippen LogP contribution in [-0.2, 0) is 10.9 Å². The molecule has 2 atom stereocenters. The normalized spacial score (nSPS) is 22.8. The van der Waals surface area contributed by atoms with Gasteiger partial charge in [-0.1, -0.05) is 0 Å². The van der Waals surface area contributed by atoms with Gasteiger partial charge in [0.25, 0.3) is 0 Å². The van der Waals surface area contributed by atoms with E-state index < -0.39 is 18.4 Å². The minimum absolute atomic E-state index is 0.134. The van der Waals surface area contributed by atoms with Gasteiger partial charge in [-0.2, -0.15) is 22.0 Å². The van der Waals surface area contributed by atoms with E-state index in [0.717, 1.165) is 12.1 Å². The molecular weight excluding hydrogens is 297 g/mol. The van der Waals surface area contributed by atoms with Crippen LogP contribution in [0.5, 0.6) is 5.75 Å². The second-order valence-electron chi connectivity index (χ2n) is 4.70. The Morgan fingerprint density at radius 3 is 2.43 bits per heavy atom. The molecule has 1 fully saturated rings. The summed E-state index contributed by atoms with van der Waals surface area (Å²) in [5.41, 5.74) is -0.748. The summed E-state index contributed by atoms with van der Waals surface area (Å²) in [5.74, 6) is 0.310. The van der Waals surface area contributed by atoms with Crippen LogP contribution < -0.4 is 10.1 Å². The number of alkyl halides is 5. The van der Waals surface area contributed by atoms with E-state index in [9.17, 15) is 22.0 Å². The summed E-state index contributed by atoms with van der Waals surface area (Å²) in [5, 5.41) is 2.95. The smallest absolute Gasteiger partial charge is 0.416 e. The van der Waals surface area contributed by atoms with Crippen LogP contribution in [0.3, 0.4) is 0 Å². The lowest BCUT2D eigenvalue weighted by atomic mass is 10.2. The summed E-state index contributed by atoms with van der Waals surface area (Å²) in [6.07, 6.45) is -4.22. The van der Waals surface area contributed by atoms with Crippen molar-refractivity contribution in [2.45, 2.75) is 31.4 Å². The lowest BCUT2D eigenvalue weighted by Gasteiger charge is -2.14. The van der Waals surface area contributed by atoms with Crippen molar-refractivity contribution in [1.29, 1.82) is 0 Å². The summed E-state index contributed by atoms with van der Waals surface area (Å²) < 4.78 is 70.7. The Balaban J connectivity index is 1.83. The van der Waals surface area contributed by atoms with E-state index in [1.165, 1.54) is 12.1 Å². The van der Waals surface area contributed by atoms with Gasteiger partial charge in [0.05, 0.1) is 12.2 Å². The van der Waals surface area contributed by atoms with Gasteiger partial charge < -0.3 is 14.8 Å². The summed E-state index contributed by atoms with van der Waals surface area (Å²) in [6, 6.07) is 4.11. The first-order chi connectivity index (χ1) is 9.84. The third kappa shape index (κ3) is 4.82. The van der Waals surface area contributed by atoms with Crippen molar-refractivity contribution >= 4 is 0 Å². The molecule has 118 valence electrons. The maximum Gasteiger partial charge on any atom is 0.416 e. The van der Waals surface area contributed by atoms with E-state index in [1.54, 1.807) is 0 Å². The van der Waals surface area contributed by atoms with Gasteiger partial charge in [-0.25, -0.2) is 0 Å². The first-order valence-electron chi connectivity index (χ1n) is 6.31. The summed E-state index contributed by atoms with van der Waals surface area (Å²) in [6.45, 7) is -2.52. The molecule has 21 heavy (non-hydrogen) atoms. The zero-order valence-corrected chi connectivity index (χ0v) is 10.9. The topological polar surface area (TPSA) is 30.5 Å². The van der Waals surface area contributed by atoms with E-state index in [4.69, 9.17) is 4.74 Å². The number of hydrogen-bond donors (Lipinski definition) is 1. The molecule has 2 rings (SSSR count). The van der Waals surface area contributed by atoms with Crippen molar-refractivity contribution in [2.24, 2.45) is 0 Å². The van der Waals surface area contributed by atoms with Crippen LogP contribution in [0, 0.1) is 0 Å². The molecule has 1 saturated heterocycles. The van der Waals surface area contributed by atoms with Crippen LogP contribution in [0.1, 0.15) is 12.0 Å². The van der Waals surface area contributed by atoms with E-state index in [1.807, 2.05) is 0 Å². The Labute approximate surface area is 118 Å². The Kier molecular flexibility index (Phi) is 5.00. The third-order valence-electron chi connectivity index (χ3n) is 3.09. The number of hydrogen-bond acceptors (Lipinski definition) is 3. The average Bonchev–Trinajstić information content (AvgIpc) is 2.83. The minimum Gasteiger partial charge on any atom is -0.489 e. The van der Waals surface area contributed by atoms with E-state index in [-0.39, 0.29) is 18.8 Å². The predicted molar refractivity (Wildman–Crippen MR) is 64.2 cm³/mol. The van der Waals surface area contributed by atoms with Crippen molar-refractivity contribution in [3.8, 4) is 5.75 Å². The van der Waals surface area contributed by atoms with Crippen molar-refractivity contribution in [1.82, 2.24) is 5.32 Å². The van der Waals surface area contributed by atoms with Crippen molar-refractivity contribution in [2.75, 3.05) is 13.2 Å². The molecule has 1 N–H and O–H groups in total. The van der Waals surface area contributed by atoms with Gasteiger partial charge in [-0.15, -0.1) is 0 Å². The molecule has 0 bridgehead atoms. The minimum atomic E-state index is -4.38. The van der Waals surface area contributed by atoms with Crippen LogP contribution in [0.15, 0.2) is 24.3 Å². The molecule has 1 aliphatic rings. The van der Waals surface area contributed by atoms with Gasteiger partial charge in [-0.05, 0) is 24.3 Å². The molecule has 8 heteroatoms. The maximum atomic E-state index is 12.4. The van der Waals surface area contributed by atoms with E-state index >= 15 is 0 Å². The zero-order valence-electron chi connectivity index (χ0n) is 10.9. The number of rotatable bonds is 5. The molecule has 0 aliphatic carbocycles. The molecule has 0 radical (unpaired) electrons. The number of nitrogens with one attached hydrogen (secondary N) is 1. The Bertz CT molecular complexity index is 449. The molecule has 2 unspecified atom stereocenters. The quantitative estimate of drug-likeness (QED) is 0.848. The van der Waals surface area contributed by atoms with Gasteiger partial charge >= 0.3 is 12.8 Å². The van der Waals surface area contributed by atoms with Crippen molar-refractivity contribution in [3.63, 3.8) is 0 Å². The van der Waals surface area contributed by atoms with E-state index in [2.05, 4.69) is 10.1 Å². The number of ether oxygens (including phenoxy) is 2. The molecule has 1 aliphatic heterocycles. The monoisotopic (exact) mass is 311 g/mol. The SMILES string of the molecule is FC(F)OCC1CC(Oc2ccc(C(F)(F)F)cc2)CN1. The second-order valence-corrected chi connectivity index (χ2v) is 4.70. The third-order valence-corrected chi connectivity index (χ3v) is 3.09. The fourth-order valence-corrected chi connectivity index (χ4v) is 2.10. The van der Waals surface area contributed by atoms with Crippen molar-refractivity contribution in [3.05, 3.63) is 29.8 Å². The van der Waals surface area contributed by atoms with Gasteiger partial charge in [0.15, 0.2) is 0 Å². The summed E-state index contributed by atoms with van der Waals surface area (Å²) in [7, 11) is 0. The Morgan fingerprint density at radius 1 is 1.19 bits per heavy atom. The van der Waals surface area contributed by atoms with Gasteiger partial charge in [0.1, 0.15) is 11.9 Å². The lowest BCUT2D eigenvalue weighted by molar-refractivity contribution is -0.137. The average molecular weight is 311 g/mol. The number of benzene rings is 1. The molecular formula is C13H14F5NO2. The van der Waals surface area contributed by atoms with Crippen LogP contribution in [0.4, 0.5) is 22.0 Å². The lowest BCUT2D eigenvalue weighted by Crippen LogP contribution is -2.27. The highest BCUT2D eigenvalue weighted by Crippen LogP contribution is 2.30. The molecule has 1 aromatic carbocycles. The Hall–Kier alpha value is -1.41. The first kappa shape index (κ1) is 16.0. The Morgan fingerprint density at radius 2 is 1.86 bits per heavy atom. The molecule has 0 aromatic heterocycles. The summed E-state index contributed by atoms with van der Waals surface area (Å²) in [4.78, 5) is 0.